The minimum Gasteiger partial charge on any atom is -0.512 e. The molecule has 0 spiro atoms. The molecule has 0 radical (unpaired) electrons. The Morgan fingerprint density at radius 3 is 2.94 bits per heavy atom. The van der Waals surface area contributed by atoms with Crippen LogP contribution in [0.15, 0.2) is 88.1 Å². The Balaban J connectivity index is 1.46. The van der Waals surface area contributed by atoms with E-state index < -0.39 is 6.04 Å². The van der Waals surface area contributed by atoms with Crippen LogP contribution >= 0.6 is 0 Å². The molecular weight excluding hydrogens is 394 g/mol. The monoisotopic (exact) mass is 415 g/mol. The highest BCUT2D eigenvalue weighted by atomic mass is 16.4. The number of hydrogen-bond acceptors (Lipinski definition) is 6. The van der Waals surface area contributed by atoms with E-state index in [-0.39, 0.29) is 11.7 Å². The topological polar surface area (TPSA) is 96.8 Å². The summed E-state index contributed by atoms with van der Waals surface area (Å²) >= 11 is 0. The minimum absolute atomic E-state index is 0.197. The molecule has 1 aliphatic heterocycles. The van der Waals surface area contributed by atoms with E-state index >= 15 is 0 Å². The zero-order valence-corrected chi connectivity index (χ0v) is 16.8. The fourth-order valence-electron chi connectivity index (χ4n) is 3.87. The third kappa shape index (κ3) is 3.79. The molecule has 1 aliphatic carbocycles. The molecule has 3 aromatic heterocycles. The molecule has 1 amide bonds. The lowest BCUT2D eigenvalue weighted by molar-refractivity contribution is 0.0699. The van der Waals surface area contributed by atoms with Gasteiger partial charge in [-0.15, -0.1) is 0 Å². The molecule has 4 heterocycles. The summed E-state index contributed by atoms with van der Waals surface area (Å²) in [6.07, 6.45) is 12.7. The first kappa shape index (κ1) is 19.0. The smallest absolute Gasteiger partial charge is 0.310 e. The van der Waals surface area contributed by atoms with E-state index in [1.807, 2.05) is 36.5 Å². The lowest BCUT2D eigenvalue weighted by Crippen LogP contribution is -2.34. The molecule has 0 bridgehead atoms. The van der Waals surface area contributed by atoms with E-state index in [0.717, 1.165) is 17.7 Å². The number of nitrogens with zero attached hydrogens (tertiary/aromatic N) is 5. The second-order valence-corrected chi connectivity index (χ2v) is 7.47. The molecule has 2 aliphatic rings. The molecule has 1 atom stereocenters. The summed E-state index contributed by atoms with van der Waals surface area (Å²) in [5.41, 5.74) is 2.31. The zero-order chi connectivity index (χ0) is 21.2. The summed E-state index contributed by atoms with van der Waals surface area (Å²) in [7, 11) is 0. The first-order chi connectivity index (χ1) is 15.2. The maximum Gasteiger partial charge on any atom is 0.310 e. The summed E-state index contributed by atoms with van der Waals surface area (Å²) in [5, 5.41) is 20.7. The fourth-order valence-corrected chi connectivity index (χ4v) is 3.87. The number of carbonyl (C=O) groups is 1. The van der Waals surface area contributed by atoms with Crippen molar-refractivity contribution in [3.05, 3.63) is 95.7 Å². The van der Waals surface area contributed by atoms with Crippen molar-refractivity contribution in [2.75, 3.05) is 0 Å². The number of hydrazone groups is 1. The van der Waals surface area contributed by atoms with Gasteiger partial charge in [-0.25, -0.2) is 5.01 Å². The quantitative estimate of drug-likeness (QED) is 0.685. The Hall–Kier alpha value is -3.94. The van der Waals surface area contributed by atoms with Crippen molar-refractivity contribution in [3.8, 4) is 0 Å². The van der Waals surface area contributed by atoms with Crippen molar-refractivity contribution in [1.82, 2.24) is 19.8 Å². The Labute approximate surface area is 178 Å². The SMILES string of the molecule is O=C(c1ccc(Cn2cccn2)o1)N1N=C(c2cccnc2)CC1C1=C(O)CCC=C1. The van der Waals surface area contributed by atoms with Gasteiger partial charge in [-0.3, -0.25) is 14.5 Å². The number of aliphatic hydroxyl groups is 1. The van der Waals surface area contributed by atoms with Crippen molar-refractivity contribution in [3.63, 3.8) is 0 Å². The fraction of sp³-hybridized carbons (Fsp3) is 0.217. The summed E-state index contributed by atoms with van der Waals surface area (Å²) in [4.78, 5) is 17.5. The molecule has 0 aromatic carbocycles. The second kappa shape index (κ2) is 8.06. The number of aliphatic hydroxyl groups excluding tert-OH is 1. The zero-order valence-electron chi connectivity index (χ0n) is 16.8. The van der Waals surface area contributed by atoms with E-state index in [9.17, 15) is 9.90 Å². The van der Waals surface area contributed by atoms with E-state index in [2.05, 4.69) is 15.2 Å². The number of rotatable bonds is 5. The summed E-state index contributed by atoms with van der Waals surface area (Å²) in [6.45, 7) is 0.433. The van der Waals surface area contributed by atoms with Crippen LogP contribution in [0.25, 0.3) is 0 Å². The van der Waals surface area contributed by atoms with E-state index in [1.54, 1.807) is 35.4 Å². The summed E-state index contributed by atoms with van der Waals surface area (Å²) < 4.78 is 7.53. The predicted octanol–water partition coefficient (Wildman–Crippen LogP) is 3.70. The van der Waals surface area contributed by atoms with E-state index in [4.69, 9.17) is 4.42 Å². The third-order valence-electron chi connectivity index (χ3n) is 5.40. The normalized spacial score (nSPS) is 18.5. The average Bonchev–Trinajstić information content (AvgIpc) is 3.56. The van der Waals surface area contributed by atoms with Gasteiger partial charge < -0.3 is 9.52 Å². The molecule has 0 fully saturated rings. The van der Waals surface area contributed by atoms with Crippen molar-refractivity contribution >= 4 is 11.6 Å². The van der Waals surface area contributed by atoms with Crippen LogP contribution in [0.3, 0.4) is 0 Å². The van der Waals surface area contributed by atoms with Gasteiger partial charge in [-0.2, -0.15) is 10.2 Å². The van der Waals surface area contributed by atoms with Gasteiger partial charge in [0, 0.05) is 48.8 Å². The number of amides is 1. The highest BCUT2D eigenvalue weighted by Crippen LogP contribution is 2.32. The van der Waals surface area contributed by atoms with Gasteiger partial charge in [-0.05, 0) is 30.7 Å². The van der Waals surface area contributed by atoms with Crippen LogP contribution < -0.4 is 0 Å². The second-order valence-electron chi connectivity index (χ2n) is 7.47. The van der Waals surface area contributed by atoms with Crippen LogP contribution in [-0.4, -0.2) is 42.5 Å². The largest absolute Gasteiger partial charge is 0.512 e. The van der Waals surface area contributed by atoms with Crippen LogP contribution in [0.5, 0.6) is 0 Å². The molecule has 1 N–H and O–H groups in total. The van der Waals surface area contributed by atoms with Crippen LogP contribution in [-0.2, 0) is 6.54 Å². The van der Waals surface area contributed by atoms with Crippen molar-refractivity contribution < 1.29 is 14.3 Å². The van der Waals surface area contributed by atoms with Gasteiger partial charge in [0.1, 0.15) is 5.76 Å². The molecule has 31 heavy (non-hydrogen) atoms. The lowest BCUT2D eigenvalue weighted by atomic mass is 9.93. The molecule has 5 rings (SSSR count). The van der Waals surface area contributed by atoms with Crippen LogP contribution in [0, 0.1) is 0 Å². The van der Waals surface area contributed by atoms with Crippen LogP contribution in [0.2, 0.25) is 0 Å². The maximum atomic E-state index is 13.4. The highest BCUT2D eigenvalue weighted by Gasteiger charge is 2.37. The van der Waals surface area contributed by atoms with Gasteiger partial charge in [0.05, 0.1) is 24.1 Å². The molecule has 8 heteroatoms. The summed E-state index contributed by atoms with van der Waals surface area (Å²) in [5.74, 6) is 0.767. The Morgan fingerprint density at radius 1 is 1.23 bits per heavy atom. The minimum atomic E-state index is -0.404. The third-order valence-corrected chi connectivity index (χ3v) is 5.40. The average molecular weight is 415 g/mol. The number of allylic oxidation sites excluding steroid dienone is 2. The predicted molar refractivity (Wildman–Crippen MR) is 113 cm³/mol. The number of hydrogen-bond donors (Lipinski definition) is 1. The number of pyridine rings is 1. The Morgan fingerprint density at radius 2 is 2.16 bits per heavy atom. The van der Waals surface area contributed by atoms with Gasteiger partial charge >= 0.3 is 5.91 Å². The molecule has 0 saturated heterocycles. The molecule has 156 valence electrons. The number of aromatic nitrogens is 3. The van der Waals surface area contributed by atoms with Crippen molar-refractivity contribution in [2.24, 2.45) is 5.10 Å². The van der Waals surface area contributed by atoms with Gasteiger partial charge in [-0.1, -0.05) is 18.2 Å². The Kier molecular flexibility index (Phi) is 4.95. The molecule has 3 aromatic rings. The summed E-state index contributed by atoms with van der Waals surface area (Å²) in [6, 6.07) is 8.60. The van der Waals surface area contributed by atoms with Gasteiger partial charge in [0.25, 0.3) is 0 Å². The number of furan rings is 1. The standard InChI is InChI=1S/C23H21N5O3/c29-21-7-2-1-6-18(21)20-13-19(16-5-3-10-24-14-16)26-28(20)23(30)22-9-8-17(31-22)15-27-12-4-11-25-27/h1,3-6,8-12,14,20,29H,2,7,13,15H2. The van der Waals surface area contributed by atoms with Crippen LogP contribution in [0.1, 0.15) is 41.1 Å². The lowest BCUT2D eigenvalue weighted by Gasteiger charge is -2.24. The van der Waals surface area contributed by atoms with Gasteiger partial charge in [0.15, 0.2) is 5.76 Å². The van der Waals surface area contributed by atoms with Crippen molar-refractivity contribution in [1.29, 1.82) is 0 Å². The molecular formula is C23H21N5O3. The van der Waals surface area contributed by atoms with E-state index in [1.165, 1.54) is 5.01 Å². The maximum absolute atomic E-state index is 13.4. The van der Waals surface area contributed by atoms with Crippen LogP contribution in [0.4, 0.5) is 0 Å². The molecule has 8 nitrogen and oxygen atoms in total. The first-order valence-corrected chi connectivity index (χ1v) is 10.1. The highest BCUT2D eigenvalue weighted by molar-refractivity contribution is 6.04. The van der Waals surface area contributed by atoms with E-state index in [0.29, 0.717) is 36.5 Å². The van der Waals surface area contributed by atoms with Crippen molar-refractivity contribution in [2.45, 2.75) is 31.8 Å². The number of carbonyl (C=O) groups excluding carboxylic acids is 1. The first-order valence-electron chi connectivity index (χ1n) is 10.1. The Bertz CT molecular complexity index is 1180. The van der Waals surface area contributed by atoms with Gasteiger partial charge in [0.2, 0.25) is 0 Å². The molecule has 1 unspecified atom stereocenters. The molecule has 0 saturated carbocycles.